The van der Waals surface area contributed by atoms with E-state index in [-0.39, 0.29) is 0 Å². The summed E-state index contributed by atoms with van der Waals surface area (Å²) < 4.78 is 8.26. The Labute approximate surface area is 116 Å². The standard InChI is InChI=1S/C11H17BrN4OSi/c1-18(2,3)5-4-17-8-16-7-14-10-11(16)15-9(12)6-13-10/h6-7H,4-5,8H2,1-3H3. The highest BCUT2D eigenvalue weighted by atomic mass is 79.9. The quantitative estimate of drug-likeness (QED) is 0.625. The minimum atomic E-state index is -1.03. The molecule has 0 aliphatic carbocycles. The first kappa shape index (κ1) is 13.6. The minimum Gasteiger partial charge on any atom is -0.361 e. The number of hydrogen-bond acceptors (Lipinski definition) is 4. The Hall–Kier alpha value is -0.793. The molecule has 0 unspecified atom stereocenters. The van der Waals surface area contributed by atoms with Gasteiger partial charge in [0, 0.05) is 14.7 Å². The van der Waals surface area contributed by atoms with Gasteiger partial charge in [-0.15, -0.1) is 0 Å². The maximum Gasteiger partial charge on any atom is 0.197 e. The summed E-state index contributed by atoms with van der Waals surface area (Å²) in [5.74, 6) is 0. The van der Waals surface area contributed by atoms with Gasteiger partial charge in [0.15, 0.2) is 11.3 Å². The fourth-order valence-electron chi connectivity index (χ4n) is 1.45. The van der Waals surface area contributed by atoms with Gasteiger partial charge in [0.25, 0.3) is 0 Å². The molecule has 0 saturated carbocycles. The number of imidazole rings is 1. The Bertz CT molecular complexity index is 537. The second-order valence-electron chi connectivity index (χ2n) is 5.40. The van der Waals surface area contributed by atoms with Crippen LogP contribution in [0, 0.1) is 0 Å². The zero-order valence-corrected chi connectivity index (χ0v) is 13.4. The maximum atomic E-state index is 5.68. The van der Waals surface area contributed by atoms with Crippen molar-refractivity contribution >= 4 is 35.3 Å². The van der Waals surface area contributed by atoms with Gasteiger partial charge in [0.2, 0.25) is 0 Å². The molecule has 0 aromatic carbocycles. The van der Waals surface area contributed by atoms with Gasteiger partial charge >= 0.3 is 0 Å². The van der Waals surface area contributed by atoms with E-state index < -0.39 is 8.07 Å². The van der Waals surface area contributed by atoms with E-state index in [0.717, 1.165) is 18.3 Å². The molecule has 0 atom stereocenters. The molecule has 2 heterocycles. The Morgan fingerprint density at radius 2 is 2.11 bits per heavy atom. The lowest BCUT2D eigenvalue weighted by atomic mass is 10.6. The predicted molar refractivity (Wildman–Crippen MR) is 77.1 cm³/mol. The molecule has 0 aliphatic heterocycles. The van der Waals surface area contributed by atoms with Crippen LogP contribution < -0.4 is 0 Å². The minimum absolute atomic E-state index is 0.478. The third-order valence-corrected chi connectivity index (χ3v) is 4.61. The van der Waals surface area contributed by atoms with Crippen LogP contribution in [0.3, 0.4) is 0 Å². The second kappa shape index (κ2) is 5.46. The van der Waals surface area contributed by atoms with Gasteiger partial charge in [-0.25, -0.2) is 15.0 Å². The Balaban J connectivity index is 1.98. The molecular formula is C11H17BrN4OSi. The average molecular weight is 329 g/mol. The first-order valence-corrected chi connectivity index (χ1v) is 10.4. The average Bonchev–Trinajstić information content (AvgIpc) is 2.66. The Kier molecular flexibility index (Phi) is 4.13. The van der Waals surface area contributed by atoms with Crippen LogP contribution in [0.25, 0.3) is 11.3 Å². The molecule has 5 nitrogen and oxygen atoms in total. The van der Waals surface area contributed by atoms with E-state index in [1.807, 2.05) is 4.57 Å². The maximum absolute atomic E-state index is 5.68. The van der Waals surface area contributed by atoms with Gasteiger partial charge in [0.1, 0.15) is 17.7 Å². The van der Waals surface area contributed by atoms with Crippen LogP contribution >= 0.6 is 15.9 Å². The van der Waals surface area contributed by atoms with E-state index in [1.54, 1.807) is 12.5 Å². The number of nitrogens with zero attached hydrogens (tertiary/aromatic N) is 4. The summed E-state index contributed by atoms with van der Waals surface area (Å²) in [6, 6.07) is 1.16. The van der Waals surface area contributed by atoms with E-state index >= 15 is 0 Å². The van der Waals surface area contributed by atoms with E-state index in [4.69, 9.17) is 4.74 Å². The Morgan fingerprint density at radius 3 is 2.83 bits per heavy atom. The molecule has 18 heavy (non-hydrogen) atoms. The lowest BCUT2D eigenvalue weighted by Gasteiger charge is -2.15. The highest BCUT2D eigenvalue weighted by Gasteiger charge is 2.12. The molecule has 0 amide bonds. The number of rotatable bonds is 5. The molecule has 0 radical (unpaired) electrons. The largest absolute Gasteiger partial charge is 0.361 e. The van der Waals surface area contributed by atoms with E-state index in [9.17, 15) is 0 Å². The molecule has 0 fully saturated rings. The summed E-state index contributed by atoms with van der Waals surface area (Å²) in [4.78, 5) is 12.7. The van der Waals surface area contributed by atoms with Gasteiger partial charge in [0.05, 0.1) is 6.20 Å². The van der Waals surface area contributed by atoms with Gasteiger partial charge in [-0.05, 0) is 22.0 Å². The molecule has 0 aliphatic rings. The second-order valence-corrected chi connectivity index (χ2v) is 11.8. The van der Waals surface area contributed by atoms with Gasteiger partial charge in [-0.2, -0.15) is 0 Å². The predicted octanol–water partition coefficient (Wildman–Crippen LogP) is 2.90. The van der Waals surface area contributed by atoms with Crippen LogP contribution in [-0.4, -0.2) is 34.2 Å². The van der Waals surface area contributed by atoms with Gasteiger partial charge in [-0.3, -0.25) is 4.57 Å². The molecule has 2 aromatic heterocycles. The summed E-state index contributed by atoms with van der Waals surface area (Å²) >= 11 is 3.31. The summed E-state index contributed by atoms with van der Waals surface area (Å²) in [7, 11) is -1.03. The molecule has 2 aromatic rings. The smallest absolute Gasteiger partial charge is 0.197 e. The van der Waals surface area contributed by atoms with Crippen molar-refractivity contribution in [2.24, 2.45) is 0 Å². The zero-order chi connectivity index (χ0) is 13.2. The van der Waals surface area contributed by atoms with Crippen molar-refractivity contribution in [3.05, 3.63) is 17.1 Å². The zero-order valence-electron chi connectivity index (χ0n) is 10.9. The van der Waals surface area contributed by atoms with Crippen molar-refractivity contribution in [1.29, 1.82) is 0 Å². The number of aromatic nitrogens is 4. The normalized spacial score (nSPS) is 12.2. The van der Waals surface area contributed by atoms with Crippen molar-refractivity contribution in [3.63, 3.8) is 0 Å². The summed E-state index contributed by atoms with van der Waals surface area (Å²) in [5, 5.41) is 0. The lowest BCUT2D eigenvalue weighted by Crippen LogP contribution is -2.22. The third kappa shape index (κ3) is 3.60. The fraction of sp³-hybridized carbons (Fsp3) is 0.545. The van der Waals surface area contributed by atoms with Crippen molar-refractivity contribution < 1.29 is 4.74 Å². The van der Waals surface area contributed by atoms with Crippen LogP contribution in [0.2, 0.25) is 25.7 Å². The Morgan fingerprint density at radius 1 is 1.33 bits per heavy atom. The van der Waals surface area contributed by atoms with Crippen molar-refractivity contribution in [2.75, 3.05) is 6.61 Å². The molecule has 7 heteroatoms. The number of hydrogen-bond donors (Lipinski definition) is 0. The van der Waals surface area contributed by atoms with E-state index in [1.165, 1.54) is 0 Å². The molecular weight excluding hydrogens is 312 g/mol. The third-order valence-electron chi connectivity index (χ3n) is 2.52. The SMILES string of the molecule is C[Si](C)(C)CCOCn1cnc2ncc(Br)nc21. The van der Waals surface area contributed by atoms with Gasteiger partial charge < -0.3 is 4.74 Å². The van der Waals surface area contributed by atoms with Crippen LogP contribution in [0.4, 0.5) is 0 Å². The van der Waals surface area contributed by atoms with E-state index in [0.29, 0.717) is 17.0 Å². The highest BCUT2D eigenvalue weighted by Crippen LogP contribution is 2.12. The number of halogens is 1. The monoisotopic (exact) mass is 328 g/mol. The molecule has 0 N–H and O–H groups in total. The first-order chi connectivity index (χ1) is 8.46. The first-order valence-electron chi connectivity index (χ1n) is 5.87. The van der Waals surface area contributed by atoms with Crippen molar-refractivity contribution in [3.8, 4) is 0 Å². The number of ether oxygens (including phenoxy) is 1. The molecule has 0 saturated heterocycles. The molecule has 98 valence electrons. The van der Waals surface area contributed by atoms with Crippen LogP contribution in [0.15, 0.2) is 17.1 Å². The topological polar surface area (TPSA) is 52.8 Å². The van der Waals surface area contributed by atoms with Crippen molar-refractivity contribution in [1.82, 2.24) is 19.5 Å². The summed E-state index contributed by atoms with van der Waals surface area (Å²) in [6.45, 7) is 8.28. The molecule has 2 rings (SSSR count). The molecule has 0 bridgehead atoms. The van der Waals surface area contributed by atoms with Crippen LogP contribution in [0.1, 0.15) is 0 Å². The fourth-order valence-corrected chi connectivity index (χ4v) is 2.48. The van der Waals surface area contributed by atoms with Gasteiger partial charge in [-0.1, -0.05) is 19.6 Å². The number of fused-ring (bicyclic) bond motifs is 1. The summed E-state index contributed by atoms with van der Waals surface area (Å²) in [5.41, 5.74) is 1.39. The lowest BCUT2D eigenvalue weighted by molar-refractivity contribution is 0.0895. The van der Waals surface area contributed by atoms with E-state index in [2.05, 4.69) is 50.5 Å². The summed E-state index contributed by atoms with van der Waals surface area (Å²) in [6.07, 6.45) is 3.36. The van der Waals surface area contributed by atoms with Crippen LogP contribution in [-0.2, 0) is 11.5 Å². The van der Waals surface area contributed by atoms with Crippen LogP contribution in [0.5, 0.6) is 0 Å². The highest BCUT2D eigenvalue weighted by molar-refractivity contribution is 9.10. The molecule has 0 spiro atoms. The van der Waals surface area contributed by atoms with Crippen molar-refractivity contribution in [2.45, 2.75) is 32.4 Å².